The minimum atomic E-state index is -0.392. The molecular formula is C25H29FN6O2. The van der Waals surface area contributed by atoms with Crippen LogP contribution in [-0.4, -0.2) is 66.1 Å². The van der Waals surface area contributed by atoms with E-state index in [1.54, 1.807) is 24.1 Å². The summed E-state index contributed by atoms with van der Waals surface area (Å²) in [4.78, 5) is 33.3. The molecule has 1 aliphatic heterocycles. The SMILES string of the molecule is Cc1cc(NC(=O)NCCN2CCC(N(C)C(=O)Nc3cccc(F)c3)C2)c2ccccc2n1. The number of aryl methyl sites for hydroxylation is 1. The van der Waals surface area contributed by atoms with Gasteiger partial charge in [0.2, 0.25) is 0 Å². The van der Waals surface area contributed by atoms with E-state index in [-0.39, 0.29) is 18.1 Å². The molecule has 3 aromatic rings. The molecular weight excluding hydrogens is 435 g/mol. The number of benzene rings is 2. The minimum Gasteiger partial charge on any atom is -0.337 e. The largest absolute Gasteiger partial charge is 0.337 e. The third-order valence-electron chi connectivity index (χ3n) is 6.00. The number of nitrogens with one attached hydrogen (secondary N) is 3. The molecule has 2 aromatic carbocycles. The van der Waals surface area contributed by atoms with Crippen molar-refractivity contribution in [1.29, 1.82) is 0 Å². The summed E-state index contributed by atoms with van der Waals surface area (Å²) in [5.74, 6) is -0.392. The van der Waals surface area contributed by atoms with Gasteiger partial charge in [-0.3, -0.25) is 9.88 Å². The normalized spacial score (nSPS) is 15.8. The van der Waals surface area contributed by atoms with Crippen LogP contribution < -0.4 is 16.0 Å². The molecule has 1 aromatic heterocycles. The number of urea groups is 2. The maximum atomic E-state index is 13.3. The van der Waals surface area contributed by atoms with Crippen molar-refractivity contribution in [3.63, 3.8) is 0 Å². The third kappa shape index (κ3) is 5.79. The zero-order valence-corrected chi connectivity index (χ0v) is 19.3. The number of anilines is 2. The van der Waals surface area contributed by atoms with E-state index in [1.165, 1.54) is 12.1 Å². The molecule has 3 N–H and O–H groups in total. The van der Waals surface area contributed by atoms with Crippen LogP contribution in [0.1, 0.15) is 12.1 Å². The van der Waals surface area contributed by atoms with Gasteiger partial charge >= 0.3 is 12.1 Å². The molecule has 8 nitrogen and oxygen atoms in total. The Bertz CT molecular complexity index is 1190. The Kier molecular flexibility index (Phi) is 7.22. The molecule has 0 radical (unpaired) electrons. The number of rotatable bonds is 6. The third-order valence-corrected chi connectivity index (χ3v) is 6.00. The number of likely N-dealkylation sites (N-methyl/N-ethyl adjacent to an activating group) is 1. The van der Waals surface area contributed by atoms with Crippen LogP contribution in [0.25, 0.3) is 10.9 Å². The molecule has 1 aliphatic rings. The number of carbonyl (C=O) groups is 2. The summed E-state index contributed by atoms with van der Waals surface area (Å²) < 4.78 is 13.3. The van der Waals surface area contributed by atoms with Crippen molar-refractivity contribution >= 4 is 34.3 Å². The Balaban J connectivity index is 1.22. The Hall–Kier alpha value is -3.72. The second-order valence-corrected chi connectivity index (χ2v) is 8.50. The predicted molar refractivity (Wildman–Crippen MR) is 132 cm³/mol. The van der Waals surface area contributed by atoms with Crippen molar-refractivity contribution < 1.29 is 14.0 Å². The van der Waals surface area contributed by atoms with Crippen molar-refractivity contribution in [2.24, 2.45) is 0 Å². The molecule has 1 fully saturated rings. The van der Waals surface area contributed by atoms with Crippen LogP contribution in [0.15, 0.2) is 54.6 Å². The molecule has 2 heterocycles. The second-order valence-electron chi connectivity index (χ2n) is 8.50. The fourth-order valence-corrected chi connectivity index (χ4v) is 4.18. The second kappa shape index (κ2) is 10.5. The van der Waals surface area contributed by atoms with E-state index < -0.39 is 5.82 Å². The summed E-state index contributed by atoms with van der Waals surface area (Å²) in [6, 6.07) is 14.9. The lowest BCUT2D eigenvalue weighted by Crippen LogP contribution is -2.42. The van der Waals surface area contributed by atoms with Gasteiger partial charge in [-0.05, 0) is 43.7 Å². The van der Waals surface area contributed by atoms with Gasteiger partial charge in [0.25, 0.3) is 0 Å². The van der Waals surface area contributed by atoms with Crippen molar-refractivity contribution in [3.05, 3.63) is 66.1 Å². The number of aromatic nitrogens is 1. The number of nitrogens with zero attached hydrogens (tertiary/aromatic N) is 3. The Morgan fingerprint density at radius 3 is 2.79 bits per heavy atom. The zero-order chi connectivity index (χ0) is 24.1. The van der Waals surface area contributed by atoms with Crippen molar-refractivity contribution in [2.75, 3.05) is 43.9 Å². The van der Waals surface area contributed by atoms with Crippen LogP contribution in [0.4, 0.5) is 25.4 Å². The van der Waals surface area contributed by atoms with Gasteiger partial charge in [-0.25, -0.2) is 14.0 Å². The first-order valence-corrected chi connectivity index (χ1v) is 11.3. The average Bonchev–Trinajstić information content (AvgIpc) is 3.27. The van der Waals surface area contributed by atoms with Crippen molar-refractivity contribution in [2.45, 2.75) is 19.4 Å². The quantitative estimate of drug-likeness (QED) is 0.514. The van der Waals surface area contributed by atoms with Crippen LogP contribution in [0.3, 0.4) is 0 Å². The minimum absolute atomic E-state index is 0.0496. The highest BCUT2D eigenvalue weighted by atomic mass is 19.1. The molecule has 0 bridgehead atoms. The molecule has 1 saturated heterocycles. The number of carbonyl (C=O) groups excluding carboxylic acids is 2. The van der Waals surface area contributed by atoms with Gasteiger partial charge in [-0.15, -0.1) is 0 Å². The van der Waals surface area contributed by atoms with Gasteiger partial charge in [0.1, 0.15) is 5.82 Å². The van der Waals surface area contributed by atoms with Crippen molar-refractivity contribution in [1.82, 2.24) is 20.1 Å². The fraction of sp³-hybridized carbons (Fsp3) is 0.320. The molecule has 9 heteroatoms. The molecule has 1 atom stereocenters. The molecule has 4 amide bonds. The molecule has 178 valence electrons. The molecule has 0 saturated carbocycles. The first-order valence-electron chi connectivity index (χ1n) is 11.3. The van der Waals surface area contributed by atoms with Crippen LogP contribution in [0, 0.1) is 12.7 Å². The van der Waals surface area contributed by atoms with Gasteiger partial charge in [0, 0.05) is 56.0 Å². The van der Waals surface area contributed by atoms with Gasteiger partial charge in [-0.2, -0.15) is 0 Å². The summed E-state index contributed by atoms with van der Waals surface area (Å²) in [7, 11) is 1.75. The van der Waals surface area contributed by atoms with Crippen LogP contribution in [0.5, 0.6) is 0 Å². The first-order chi connectivity index (χ1) is 16.4. The van der Waals surface area contributed by atoms with E-state index in [1.807, 2.05) is 37.3 Å². The summed E-state index contributed by atoms with van der Waals surface area (Å²) in [5.41, 5.74) is 2.83. The Morgan fingerprint density at radius 1 is 1.15 bits per heavy atom. The highest BCUT2D eigenvalue weighted by Crippen LogP contribution is 2.22. The summed E-state index contributed by atoms with van der Waals surface area (Å²) in [5, 5.41) is 9.45. The predicted octanol–water partition coefficient (Wildman–Crippen LogP) is 4.04. The number of hydrogen-bond acceptors (Lipinski definition) is 4. The average molecular weight is 465 g/mol. The van der Waals surface area contributed by atoms with E-state index in [0.717, 1.165) is 35.2 Å². The smallest absolute Gasteiger partial charge is 0.321 e. The lowest BCUT2D eigenvalue weighted by atomic mass is 10.1. The number of pyridine rings is 1. The van der Waals surface area contributed by atoms with E-state index in [9.17, 15) is 14.0 Å². The summed E-state index contributed by atoms with van der Waals surface area (Å²) in [6.45, 7) is 4.61. The molecule has 0 spiro atoms. The van der Waals surface area contributed by atoms with Crippen LogP contribution in [0.2, 0.25) is 0 Å². The monoisotopic (exact) mass is 464 g/mol. The van der Waals surface area contributed by atoms with Gasteiger partial charge in [-0.1, -0.05) is 24.3 Å². The van der Waals surface area contributed by atoms with E-state index in [0.29, 0.717) is 25.3 Å². The maximum Gasteiger partial charge on any atom is 0.321 e. The standard InChI is InChI=1S/C25H29FN6O2/c1-17-14-23(21-8-3-4-9-22(21)28-17)30-24(33)27-11-13-32-12-10-20(16-32)31(2)25(34)29-19-7-5-6-18(26)15-19/h3-9,14-15,20H,10-13,16H2,1-2H3,(H,29,34)(H2,27,28,30,33). The number of amides is 4. The molecule has 0 aliphatic carbocycles. The first kappa shape index (κ1) is 23.4. The van der Waals surface area contributed by atoms with Crippen LogP contribution >= 0.6 is 0 Å². The molecule has 1 unspecified atom stereocenters. The number of fused-ring (bicyclic) bond motifs is 1. The van der Waals surface area contributed by atoms with E-state index >= 15 is 0 Å². The number of para-hydroxylation sites is 1. The number of halogens is 1. The highest BCUT2D eigenvalue weighted by Gasteiger charge is 2.28. The molecule has 4 rings (SSSR count). The summed E-state index contributed by atoms with van der Waals surface area (Å²) >= 11 is 0. The molecule has 34 heavy (non-hydrogen) atoms. The van der Waals surface area contributed by atoms with E-state index in [4.69, 9.17) is 0 Å². The van der Waals surface area contributed by atoms with Gasteiger partial charge < -0.3 is 20.9 Å². The maximum absolute atomic E-state index is 13.3. The Labute approximate surface area is 198 Å². The van der Waals surface area contributed by atoms with E-state index in [2.05, 4.69) is 25.8 Å². The lowest BCUT2D eigenvalue weighted by molar-refractivity contribution is 0.202. The number of hydrogen-bond donors (Lipinski definition) is 3. The van der Waals surface area contributed by atoms with Gasteiger partial charge in [0.15, 0.2) is 0 Å². The number of likely N-dealkylation sites (tertiary alicyclic amines) is 1. The fourth-order valence-electron chi connectivity index (χ4n) is 4.18. The topological polar surface area (TPSA) is 89.6 Å². The lowest BCUT2D eigenvalue weighted by Gasteiger charge is -2.25. The van der Waals surface area contributed by atoms with Crippen molar-refractivity contribution in [3.8, 4) is 0 Å². The summed E-state index contributed by atoms with van der Waals surface area (Å²) in [6.07, 6.45) is 0.835. The van der Waals surface area contributed by atoms with Gasteiger partial charge in [0.05, 0.1) is 11.2 Å². The Morgan fingerprint density at radius 2 is 1.97 bits per heavy atom. The highest BCUT2D eigenvalue weighted by molar-refractivity contribution is 6.00. The van der Waals surface area contributed by atoms with Crippen LogP contribution in [-0.2, 0) is 0 Å². The zero-order valence-electron chi connectivity index (χ0n) is 19.3.